The quantitative estimate of drug-likeness (QED) is 0.901. The van der Waals surface area contributed by atoms with E-state index in [4.69, 9.17) is 4.74 Å². The van der Waals surface area contributed by atoms with Gasteiger partial charge in [-0.2, -0.15) is 5.26 Å². The van der Waals surface area contributed by atoms with Crippen LogP contribution in [0, 0.1) is 18.3 Å². The van der Waals surface area contributed by atoms with Gasteiger partial charge in [0.15, 0.2) is 0 Å². The minimum atomic E-state index is 0.539. The first-order valence-electron chi connectivity index (χ1n) is 6.09. The lowest BCUT2D eigenvalue weighted by Gasteiger charge is -2.13. The van der Waals surface area contributed by atoms with Gasteiger partial charge in [-0.15, -0.1) is 0 Å². The van der Waals surface area contributed by atoms with Crippen LogP contribution in [-0.4, -0.2) is 7.11 Å². The monoisotopic (exact) mass is 252 g/mol. The fourth-order valence-corrected chi connectivity index (χ4v) is 1.93. The number of methoxy groups -OCH3 is 1. The molecule has 96 valence electrons. The van der Waals surface area contributed by atoms with E-state index in [9.17, 15) is 5.26 Å². The molecule has 0 spiro atoms. The van der Waals surface area contributed by atoms with Crippen LogP contribution in [0.2, 0.25) is 0 Å². The van der Waals surface area contributed by atoms with Crippen molar-refractivity contribution in [3.05, 3.63) is 59.2 Å². The van der Waals surface area contributed by atoms with Crippen LogP contribution >= 0.6 is 0 Å². The van der Waals surface area contributed by atoms with E-state index in [0.29, 0.717) is 12.2 Å². The van der Waals surface area contributed by atoms with Crippen LogP contribution in [0.3, 0.4) is 0 Å². The largest absolute Gasteiger partial charge is 0.380 e. The molecule has 0 aliphatic carbocycles. The third-order valence-corrected chi connectivity index (χ3v) is 2.88. The first-order chi connectivity index (χ1) is 9.24. The van der Waals surface area contributed by atoms with Crippen LogP contribution in [0.4, 0.5) is 11.4 Å². The van der Waals surface area contributed by atoms with Gasteiger partial charge in [-0.3, -0.25) is 0 Å². The number of nitrogens with one attached hydrogen (secondary N) is 1. The molecule has 2 rings (SSSR count). The summed E-state index contributed by atoms with van der Waals surface area (Å²) in [6.45, 7) is 2.51. The number of hydrogen-bond acceptors (Lipinski definition) is 3. The average Bonchev–Trinajstić information content (AvgIpc) is 2.43. The van der Waals surface area contributed by atoms with Gasteiger partial charge in [0.2, 0.25) is 0 Å². The van der Waals surface area contributed by atoms with Crippen molar-refractivity contribution in [1.82, 2.24) is 0 Å². The number of hydrogen-bond donors (Lipinski definition) is 1. The van der Waals surface area contributed by atoms with E-state index < -0.39 is 0 Å². The Morgan fingerprint density at radius 2 is 1.95 bits per heavy atom. The maximum atomic E-state index is 9.18. The van der Waals surface area contributed by atoms with Crippen LogP contribution in [0.25, 0.3) is 0 Å². The predicted molar refractivity (Wildman–Crippen MR) is 76.3 cm³/mol. The molecule has 0 fully saturated rings. The fourth-order valence-electron chi connectivity index (χ4n) is 1.93. The number of ether oxygens (including phenoxy) is 1. The molecule has 0 aliphatic heterocycles. The van der Waals surface area contributed by atoms with Gasteiger partial charge >= 0.3 is 0 Å². The fraction of sp³-hybridized carbons (Fsp3) is 0.188. The van der Waals surface area contributed by atoms with Gasteiger partial charge < -0.3 is 10.1 Å². The van der Waals surface area contributed by atoms with Crippen molar-refractivity contribution in [2.75, 3.05) is 12.4 Å². The number of aryl methyl sites for hydroxylation is 1. The SMILES string of the molecule is COCc1ccccc1Nc1ccc(C)cc1C#N. The highest BCUT2D eigenvalue weighted by molar-refractivity contribution is 5.69. The summed E-state index contributed by atoms with van der Waals surface area (Å²) in [6, 6.07) is 15.9. The molecule has 0 saturated carbocycles. The summed E-state index contributed by atoms with van der Waals surface area (Å²) < 4.78 is 5.18. The van der Waals surface area contributed by atoms with E-state index in [2.05, 4.69) is 11.4 Å². The second kappa shape index (κ2) is 6.03. The lowest BCUT2D eigenvalue weighted by Crippen LogP contribution is -1.99. The summed E-state index contributed by atoms with van der Waals surface area (Å²) in [5.41, 5.74) is 4.57. The number of para-hydroxylation sites is 1. The smallest absolute Gasteiger partial charge is 0.101 e. The number of nitriles is 1. The van der Waals surface area contributed by atoms with Crippen molar-refractivity contribution in [2.45, 2.75) is 13.5 Å². The van der Waals surface area contributed by atoms with Crippen LogP contribution in [0.5, 0.6) is 0 Å². The molecule has 0 saturated heterocycles. The van der Waals surface area contributed by atoms with E-state index in [1.165, 1.54) is 0 Å². The standard InChI is InChI=1S/C16H16N2O/c1-12-7-8-16(14(9-12)10-17)18-15-6-4-3-5-13(15)11-19-2/h3-9,18H,11H2,1-2H3. The molecular formula is C16H16N2O. The van der Waals surface area contributed by atoms with Crippen LogP contribution in [0.15, 0.2) is 42.5 Å². The van der Waals surface area contributed by atoms with Crippen molar-refractivity contribution < 1.29 is 4.74 Å². The molecule has 0 heterocycles. The van der Waals surface area contributed by atoms with Crippen molar-refractivity contribution in [1.29, 1.82) is 5.26 Å². The molecule has 2 aromatic carbocycles. The second-order valence-corrected chi connectivity index (χ2v) is 4.38. The molecule has 0 unspecified atom stereocenters. The topological polar surface area (TPSA) is 45.0 Å². The summed E-state index contributed by atoms with van der Waals surface area (Å²) in [6.07, 6.45) is 0. The molecule has 3 nitrogen and oxygen atoms in total. The number of nitrogens with zero attached hydrogens (tertiary/aromatic N) is 1. The van der Waals surface area contributed by atoms with E-state index in [0.717, 1.165) is 22.5 Å². The number of rotatable bonds is 4. The Bertz CT molecular complexity index is 614. The zero-order valence-electron chi connectivity index (χ0n) is 11.1. The Balaban J connectivity index is 2.34. The summed E-state index contributed by atoms with van der Waals surface area (Å²) in [4.78, 5) is 0. The Morgan fingerprint density at radius 1 is 1.16 bits per heavy atom. The highest BCUT2D eigenvalue weighted by atomic mass is 16.5. The molecule has 19 heavy (non-hydrogen) atoms. The molecule has 0 radical (unpaired) electrons. The highest BCUT2D eigenvalue weighted by Gasteiger charge is 2.05. The van der Waals surface area contributed by atoms with Crippen molar-refractivity contribution in [3.63, 3.8) is 0 Å². The predicted octanol–water partition coefficient (Wildman–Crippen LogP) is 3.76. The maximum Gasteiger partial charge on any atom is 0.101 e. The van der Waals surface area contributed by atoms with Crippen LogP contribution in [0.1, 0.15) is 16.7 Å². The first-order valence-corrected chi connectivity index (χ1v) is 6.09. The van der Waals surface area contributed by atoms with Crippen molar-refractivity contribution in [3.8, 4) is 6.07 Å². The molecule has 3 heteroatoms. The van der Waals surface area contributed by atoms with Gasteiger partial charge in [0.05, 0.1) is 17.9 Å². The van der Waals surface area contributed by atoms with Crippen LogP contribution in [-0.2, 0) is 11.3 Å². The minimum Gasteiger partial charge on any atom is -0.380 e. The van der Waals surface area contributed by atoms with Crippen LogP contribution < -0.4 is 5.32 Å². The second-order valence-electron chi connectivity index (χ2n) is 4.38. The van der Waals surface area contributed by atoms with Gasteiger partial charge in [-0.05, 0) is 30.7 Å². The zero-order valence-corrected chi connectivity index (χ0v) is 11.1. The van der Waals surface area contributed by atoms with Gasteiger partial charge in [-0.1, -0.05) is 24.3 Å². The maximum absolute atomic E-state index is 9.18. The van der Waals surface area contributed by atoms with E-state index in [1.807, 2.05) is 49.4 Å². The normalized spacial score (nSPS) is 9.95. The molecule has 0 atom stereocenters. The molecule has 0 amide bonds. The molecule has 0 bridgehead atoms. The highest BCUT2D eigenvalue weighted by Crippen LogP contribution is 2.24. The van der Waals surface area contributed by atoms with Crippen molar-refractivity contribution >= 4 is 11.4 Å². The zero-order chi connectivity index (χ0) is 13.7. The van der Waals surface area contributed by atoms with Gasteiger partial charge in [0.25, 0.3) is 0 Å². The van der Waals surface area contributed by atoms with E-state index >= 15 is 0 Å². The number of anilines is 2. The first kappa shape index (κ1) is 13.1. The molecule has 0 aromatic heterocycles. The van der Waals surface area contributed by atoms with Gasteiger partial charge in [0, 0.05) is 18.4 Å². The van der Waals surface area contributed by atoms with Gasteiger partial charge in [0.1, 0.15) is 6.07 Å². The Labute approximate surface area is 113 Å². The lowest BCUT2D eigenvalue weighted by atomic mass is 10.1. The van der Waals surface area contributed by atoms with E-state index in [-0.39, 0.29) is 0 Å². The van der Waals surface area contributed by atoms with E-state index in [1.54, 1.807) is 7.11 Å². The summed E-state index contributed by atoms with van der Waals surface area (Å²) >= 11 is 0. The average molecular weight is 252 g/mol. The molecule has 1 N–H and O–H groups in total. The molecule has 0 aliphatic rings. The Hall–Kier alpha value is -2.31. The summed E-state index contributed by atoms with van der Waals surface area (Å²) in [5.74, 6) is 0. The van der Waals surface area contributed by atoms with Gasteiger partial charge in [-0.25, -0.2) is 0 Å². The lowest BCUT2D eigenvalue weighted by molar-refractivity contribution is 0.185. The molecular weight excluding hydrogens is 236 g/mol. The third-order valence-electron chi connectivity index (χ3n) is 2.88. The minimum absolute atomic E-state index is 0.539. The number of benzene rings is 2. The Morgan fingerprint density at radius 3 is 2.68 bits per heavy atom. The Kier molecular flexibility index (Phi) is 4.17. The van der Waals surface area contributed by atoms with Crippen molar-refractivity contribution in [2.24, 2.45) is 0 Å². The third kappa shape index (κ3) is 3.12. The molecule has 2 aromatic rings. The summed E-state index contributed by atoms with van der Waals surface area (Å²) in [5, 5.41) is 12.5. The summed E-state index contributed by atoms with van der Waals surface area (Å²) in [7, 11) is 1.67.